The first kappa shape index (κ1) is 20.1. The fraction of sp³-hybridized carbons (Fsp3) is 0.261. The number of benzene rings is 2. The number of hydrogen-bond donors (Lipinski definition) is 2. The molecule has 0 fully saturated rings. The van der Waals surface area contributed by atoms with Gasteiger partial charge in [0, 0.05) is 31.4 Å². The smallest absolute Gasteiger partial charge is 0.231 e. The number of aromatic nitrogens is 2. The standard InChI is InChI=1S/C23H25N5OS/c1-16-13-21(28-12-11-18-5-3-4-6-19(18)15-28)26-22(25-16)27-23(30)24-14-17-7-9-20(29-2)10-8-17/h3-10,13H,11-12,14-15H2,1-2H3,(H2,24,25,26,27,30). The van der Waals surface area contributed by atoms with Crippen molar-refractivity contribution in [2.45, 2.75) is 26.4 Å². The first-order chi connectivity index (χ1) is 14.6. The topological polar surface area (TPSA) is 62.3 Å². The van der Waals surface area contributed by atoms with Gasteiger partial charge in [0.15, 0.2) is 5.11 Å². The summed E-state index contributed by atoms with van der Waals surface area (Å²) in [5.41, 5.74) is 4.78. The van der Waals surface area contributed by atoms with Gasteiger partial charge in [-0.3, -0.25) is 0 Å². The molecule has 0 unspecified atom stereocenters. The van der Waals surface area contributed by atoms with Gasteiger partial charge < -0.3 is 20.3 Å². The van der Waals surface area contributed by atoms with Gasteiger partial charge >= 0.3 is 0 Å². The number of methoxy groups -OCH3 is 1. The molecular formula is C23H25N5OS. The number of nitrogens with one attached hydrogen (secondary N) is 2. The number of nitrogens with zero attached hydrogens (tertiary/aromatic N) is 3. The second-order valence-electron chi connectivity index (χ2n) is 7.29. The maximum absolute atomic E-state index is 5.44. The zero-order valence-electron chi connectivity index (χ0n) is 17.2. The third-order valence-electron chi connectivity index (χ3n) is 5.13. The van der Waals surface area contributed by atoms with Gasteiger partial charge in [-0.15, -0.1) is 0 Å². The van der Waals surface area contributed by atoms with E-state index < -0.39 is 0 Å². The quantitative estimate of drug-likeness (QED) is 0.609. The summed E-state index contributed by atoms with van der Waals surface area (Å²) in [5.74, 6) is 2.26. The van der Waals surface area contributed by atoms with Gasteiger partial charge in [0.2, 0.25) is 5.95 Å². The Morgan fingerprint density at radius 1 is 1.10 bits per heavy atom. The molecule has 7 heteroatoms. The van der Waals surface area contributed by atoms with Crippen molar-refractivity contribution in [3.8, 4) is 5.75 Å². The molecule has 1 aromatic heterocycles. The number of ether oxygens (including phenoxy) is 1. The van der Waals surface area contributed by atoms with E-state index in [1.165, 1.54) is 11.1 Å². The summed E-state index contributed by atoms with van der Waals surface area (Å²) >= 11 is 5.44. The molecule has 2 aromatic carbocycles. The molecule has 4 rings (SSSR count). The Hall–Kier alpha value is -3.19. The normalized spacial score (nSPS) is 12.8. The fourth-order valence-corrected chi connectivity index (χ4v) is 3.70. The van der Waals surface area contributed by atoms with Crippen LogP contribution >= 0.6 is 12.2 Å². The van der Waals surface area contributed by atoms with Crippen LogP contribution in [-0.4, -0.2) is 28.7 Å². The minimum absolute atomic E-state index is 0.492. The molecular weight excluding hydrogens is 394 g/mol. The molecule has 1 aliphatic rings. The molecule has 154 valence electrons. The van der Waals surface area contributed by atoms with Crippen molar-refractivity contribution >= 4 is 29.1 Å². The molecule has 0 aliphatic carbocycles. The summed E-state index contributed by atoms with van der Waals surface area (Å²) in [6.45, 7) is 4.37. The summed E-state index contributed by atoms with van der Waals surface area (Å²) in [6.07, 6.45) is 1.02. The van der Waals surface area contributed by atoms with Gasteiger partial charge in [0.05, 0.1) is 7.11 Å². The molecule has 0 radical (unpaired) electrons. The third kappa shape index (κ3) is 4.86. The van der Waals surface area contributed by atoms with E-state index in [1.54, 1.807) is 7.11 Å². The fourth-order valence-electron chi connectivity index (χ4n) is 3.53. The highest BCUT2D eigenvalue weighted by Gasteiger charge is 2.18. The number of thiocarbonyl (C=S) groups is 1. The second kappa shape index (κ2) is 9.09. The minimum Gasteiger partial charge on any atom is -0.497 e. The average Bonchev–Trinajstić information content (AvgIpc) is 2.77. The summed E-state index contributed by atoms with van der Waals surface area (Å²) < 4.78 is 5.19. The predicted molar refractivity (Wildman–Crippen MR) is 124 cm³/mol. The Balaban J connectivity index is 1.40. The highest BCUT2D eigenvalue weighted by Crippen LogP contribution is 2.24. The number of rotatable bonds is 5. The summed E-state index contributed by atoms with van der Waals surface area (Å²) in [6, 6.07) is 18.5. The van der Waals surface area contributed by atoms with Crippen LogP contribution in [0.25, 0.3) is 0 Å². The molecule has 0 saturated carbocycles. The van der Waals surface area contributed by atoms with Crippen molar-refractivity contribution < 1.29 is 4.74 Å². The Morgan fingerprint density at radius 2 is 1.87 bits per heavy atom. The van der Waals surface area contributed by atoms with Crippen molar-refractivity contribution in [2.75, 3.05) is 23.9 Å². The number of hydrogen-bond acceptors (Lipinski definition) is 5. The minimum atomic E-state index is 0.492. The predicted octanol–water partition coefficient (Wildman–Crippen LogP) is 3.84. The van der Waals surface area contributed by atoms with Gasteiger partial charge in [0.25, 0.3) is 0 Å². The van der Waals surface area contributed by atoms with Crippen LogP contribution in [0.2, 0.25) is 0 Å². The maximum atomic E-state index is 5.44. The van der Waals surface area contributed by atoms with Gasteiger partial charge in [-0.1, -0.05) is 36.4 Å². The van der Waals surface area contributed by atoms with Gasteiger partial charge in [-0.05, 0) is 54.4 Å². The van der Waals surface area contributed by atoms with Gasteiger partial charge in [0.1, 0.15) is 11.6 Å². The van der Waals surface area contributed by atoms with E-state index >= 15 is 0 Å². The molecule has 2 heterocycles. The highest BCUT2D eigenvalue weighted by atomic mass is 32.1. The van der Waals surface area contributed by atoms with E-state index in [4.69, 9.17) is 21.9 Å². The van der Waals surface area contributed by atoms with E-state index in [1.807, 2.05) is 37.3 Å². The number of aryl methyl sites for hydroxylation is 1. The van der Waals surface area contributed by atoms with E-state index in [2.05, 4.69) is 44.8 Å². The van der Waals surface area contributed by atoms with Crippen LogP contribution in [0.4, 0.5) is 11.8 Å². The first-order valence-corrected chi connectivity index (χ1v) is 10.4. The molecule has 0 spiro atoms. The molecule has 0 amide bonds. The van der Waals surface area contributed by atoms with Crippen molar-refractivity contribution in [1.29, 1.82) is 0 Å². The second-order valence-corrected chi connectivity index (χ2v) is 7.70. The molecule has 3 aromatic rings. The van der Waals surface area contributed by atoms with Crippen LogP contribution in [0.15, 0.2) is 54.6 Å². The molecule has 30 heavy (non-hydrogen) atoms. The first-order valence-electron chi connectivity index (χ1n) is 9.96. The lowest BCUT2D eigenvalue weighted by Gasteiger charge is -2.30. The van der Waals surface area contributed by atoms with E-state index in [0.717, 1.165) is 42.3 Å². The van der Waals surface area contributed by atoms with Crippen molar-refractivity contribution in [3.63, 3.8) is 0 Å². The Morgan fingerprint density at radius 3 is 2.63 bits per heavy atom. The molecule has 2 N–H and O–H groups in total. The van der Waals surface area contributed by atoms with E-state index in [-0.39, 0.29) is 0 Å². The van der Waals surface area contributed by atoms with E-state index in [9.17, 15) is 0 Å². The van der Waals surface area contributed by atoms with E-state index in [0.29, 0.717) is 17.6 Å². The molecule has 0 atom stereocenters. The van der Waals surface area contributed by atoms with Gasteiger partial charge in [-0.25, -0.2) is 4.98 Å². The largest absolute Gasteiger partial charge is 0.497 e. The summed E-state index contributed by atoms with van der Waals surface area (Å²) in [5, 5.41) is 6.82. The SMILES string of the molecule is COc1ccc(CNC(=S)Nc2nc(C)cc(N3CCc4ccccc4C3)n2)cc1. The number of fused-ring (bicyclic) bond motifs is 1. The zero-order valence-corrected chi connectivity index (χ0v) is 18.0. The lowest BCUT2D eigenvalue weighted by molar-refractivity contribution is 0.414. The average molecular weight is 420 g/mol. The summed E-state index contributed by atoms with van der Waals surface area (Å²) in [4.78, 5) is 11.5. The van der Waals surface area contributed by atoms with Crippen LogP contribution in [0.1, 0.15) is 22.4 Å². The van der Waals surface area contributed by atoms with Crippen LogP contribution < -0.4 is 20.3 Å². The summed E-state index contributed by atoms with van der Waals surface area (Å²) in [7, 11) is 1.66. The lowest BCUT2D eigenvalue weighted by Crippen LogP contribution is -2.32. The molecule has 6 nitrogen and oxygen atoms in total. The van der Waals surface area contributed by atoms with Crippen molar-refractivity contribution in [3.05, 3.63) is 77.0 Å². The van der Waals surface area contributed by atoms with Crippen LogP contribution in [-0.2, 0) is 19.5 Å². The Kier molecular flexibility index (Phi) is 6.09. The Bertz CT molecular complexity index is 1040. The number of anilines is 2. The maximum Gasteiger partial charge on any atom is 0.231 e. The molecule has 0 saturated heterocycles. The van der Waals surface area contributed by atoms with Crippen LogP contribution in [0, 0.1) is 6.92 Å². The van der Waals surface area contributed by atoms with Crippen molar-refractivity contribution in [1.82, 2.24) is 15.3 Å². The zero-order chi connectivity index (χ0) is 20.9. The molecule has 0 bridgehead atoms. The molecule has 1 aliphatic heterocycles. The monoisotopic (exact) mass is 419 g/mol. The Labute approximate surface area is 182 Å². The van der Waals surface area contributed by atoms with Crippen molar-refractivity contribution in [2.24, 2.45) is 0 Å². The van der Waals surface area contributed by atoms with Gasteiger partial charge in [-0.2, -0.15) is 4.98 Å². The van der Waals surface area contributed by atoms with Crippen LogP contribution in [0.3, 0.4) is 0 Å². The highest BCUT2D eigenvalue weighted by molar-refractivity contribution is 7.80. The third-order valence-corrected chi connectivity index (χ3v) is 5.38. The lowest BCUT2D eigenvalue weighted by atomic mass is 10.00. The van der Waals surface area contributed by atoms with Crippen LogP contribution in [0.5, 0.6) is 5.75 Å².